The van der Waals surface area contributed by atoms with E-state index in [1.807, 2.05) is 39.0 Å². The van der Waals surface area contributed by atoms with Crippen molar-refractivity contribution in [1.82, 2.24) is 9.88 Å². The maximum atomic E-state index is 12.0. The number of aromatic nitrogens is 1. The molecule has 0 radical (unpaired) electrons. The number of hydrogen-bond donors (Lipinski definition) is 0. The monoisotopic (exact) mass is 308 g/mol. The number of carbonyl (C=O) groups is 2. The first-order valence-corrected chi connectivity index (χ1v) is 7.95. The molecule has 1 saturated heterocycles. The summed E-state index contributed by atoms with van der Waals surface area (Å²) in [4.78, 5) is 29.8. The van der Waals surface area contributed by atoms with E-state index < -0.39 is 5.60 Å². The van der Waals surface area contributed by atoms with Crippen LogP contribution in [0, 0.1) is 0 Å². The molecule has 1 aromatic rings. The molecule has 21 heavy (non-hydrogen) atoms. The maximum absolute atomic E-state index is 12.0. The number of pyridine rings is 1. The fraction of sp³-hybridized carbons (Fsp3) is 0.533. The van der Waals surface area contributed by atoms with Crippen molar-refractivity contribution in [1.29, 1.82) is 0 Å². The van der Waals surface area contributed by atoms with Gasteiger partial charge in [0.2, 0.25) is 5.91 Å². The van der Waals surface area contributed by atoms with Crippen LogP contribution < -0.4 is 0 Å². The number of nitrogens with zero attached hydrogens (tertiary/aromatic N) is 2. The Morgan fingerprint density at radius 1 is 1.48 bits per heavy atom. The number of amides is 1. The molecule has 1 atom stereocenters. The van der Waals surface area contributed by atoms with Gasteiger partial charge in [0.05, 0.1) is 17.9 Å². The maximum Gasteiger partial charge on any atom is 0.308 e. The second-order valence-electron chi connectivity index (χ2n) is 5.84. The Balaban J connectivity index is 1.97. The van der Waals surface area contributed by atoms with Gasteiger partial charge in [0, 0.05) is 12.7 Å². The Hall–Kier alpha value is -1.56. The molecular formula is C15H20N2O3S. The minimum absolute atomic E-state index is 0.0409. The molecule has 0 N–H and O–H groups in total. The highest BCUT2D eigenvalue weighted by Crippen LogP contribution is 2.37. The first-order valence-electron chi connectivity index (χ1n) is 6.91. The summed E-state index contributed by atoms with van der Waals surface area (Å²) in [5, 5.41) is -0.110. The van der Waals surface area contributed by atoms with Gasteiger partial charge in [0.25, 0.3) is 0 Å². The van der Waals surface area contributed by atoms with Gasteiger partial charge in [0.15, 0.2) is 0 Å². The third kappa shape index (κ3) is 4.46. The largest absolute Gasteiger partial charge is 0.460 e. The molecule has 1 aromatic heterocycles. The molecule has 0 spiro atoms. The zero-order valence-electron chi connectivity index (χ0n) is 12.5. The second kappa shape index (κ2) is 6.47. The van der Waals surface area contributed by atoms with Crippen molar-refractivity contribution in [2.45, 2.75) is 38.2 Å². The summed E-state index contributed by atoms with van der Waals surface area (Å²) in [6.07, 6.45) is 1.91. The number of hydrogen-bond acceptors (Lipinski definition) is 5. The molecule has 0 bridgehead atoms. The highest BCUT2D eigenvalue weighted by atomic mass is 32.2. The van der Waals surface area contributed by atoms with E-state index in [1.54, 1.807) is 11.1 Å². The third-order valence-corrected chi connectivity index (χ3v) is 4.11. The van der Waals surface area contributed by atoms with Gasteiger partial charge < -0.3 is 9.64 Å². The van der Waals surface area contributed by atoms with Crippen molar-refractivity contribution in [3.8, 4) is 0 Å². The first-order chi connectivity index (χ1) is 9.87. The summed E-state index contributed by atoms with van der Waals surface area (Å²) in [6, 6.07) is 5.64. The molecule has 6 heteroatoms. The highest BCUT2D eigenvalue weighted by Gasteiger charge is 2.33. The number of carbonyl (C=O) groups excluding carboxylic acids is 2. The average Bonchev–Trinajstić information content (AvgIpc) is 2.77. The summed E-state index contributed by atoms with van der Waals surface area (Å²) in [7, 11) is 0. The van der Waals surface area contributed by atoms with Crippen LogP contribution in [0.15, 0.2) is 24.4 Å². The van der Waals surface area contributed by atoms with Crippen molar-refractivity contribution in [2.75, 3.05) is 12.3 Å². The van der Waals surface area contributed by atoms with Gasteiger partial charge in [-0.1, -0.05) is 6.07 Å². The van der Waals surface area contributed by atoms with Gasteiger partial charge in [-0.3, -0.25) is 14.6 Å². The Bertz CT molecular complexity index is 513. The van der Waals surface area contributed by atoms with Crippen LogP contribution in [0.25, 0.3) is 0 Å². The van der Waals surface area contributed by atoms with Crippen LogP contribution in [0.2, 0.25) is 0 Å². The lowest BCUT2D eigenvalue weighted by Gasteiger charge is -2.24. The summed E-state index contributed by atoms with van der Waals surface area (Å²) in [6.45, 7) is 5.86. The van der Waals surface area contributed by atoms with E-state index in [-0.39, 0.29) is 23.7 Å². The van der Waals surface area contributed by atoms with E-state index >= 15 is 0 Å². The van der Waals surface area contributed by atoms with Crippen LogP contribution in [-0.2, 0) is 14.3 Å². The molecule has 0 saturated carbocycles. The van der Waals surface area contributed by atoms with Crippen LogP contribution in [0.3, 0.4) is 0 Å². The molecule has 1 aliphatic rings. The Kier molecular flexibility index (Phi) is 4.88. The van der Waals surface area contributed by atoms with Gasteiger partial charge >= 0.3 is 5.97 Å². The van der Waals surface area contributed by atoms with E-state index in [9.17, 15) is 9.59 Å². The van der Waals surface area contributed by atoms with Crippen LogP contribution in [0.4, 0.5) is 0 Å². The Morgan fingerprint density at radius 3 is 2.86 bits per heavy atom. The molecule has 1 unspecified atom stereocenters. The summed E-state index contributed by atoms with van der Waals surface area (Å²) >= 11 is 1.54. The second-order valence-corrected chi connectivity index (χ2v) is 6.91. The van der Waals surface area contributed by atoms with Crippen LogP contribution in [0.5, 0.6) is 0 Å². The SMILES string of the molecule is CC(C)(C)OC(=O)CCN1C(=O)CSC1c1ccccn1. The van der Waals surface area contributed by atoms with Crippen molar-refractivity contribution < 1.29 is 14.3 Å². The lowest BCUT2D eigenvalue weighted by atomic mass is 10.2. The zero-order valence-corrected chi connectivity index (χ0v) is 13.4. The third-order valence-electron chi connectivity index (χ3n) is 2.89. The molecule has 1 aliphatic heterocycles. The smallest absolute Gasteiger partial charge is 0.308 e. The van der Waals surface area contributed by atoms with Crippen molar-refractivity contribution in [3.05, 3.63) is 30.1 Å². The lowest BCUT2D eigenvalue weighted by Crippen LogP contribution is -2.32. The normalized spacial score (nSPS) is 18.9. The average molecular weight is 308 g/mol. The minimum Gasteiger partial charge on any atom is -0.460 e. The van der Waals surface area contributed by atoms with Crippen LogP contribution in [-0.4, -0.2) is 39.7 Å². The van der Waals surface area contributed by atoms with Crippen LogP contribution in [0.1, 0.15) is 38.3 Å². The van der Waals surface area contributed by atoms with E-state index in [0.29, 0.717) is 12.3 Å². The number of ether oxygens (including phenoxy) is 1. The molecule has 1 fully saturated rings. The van der Waals surface area contributed by atoms with Gasteiger partial charge in [-0.05, 0) is 32.9 Å². The molecule has 1 amide bonds. The summed E-state index contributed by atoms with van der Waals surface area (Å²) in [5.74, 6) is 0.182. The predicted octanol–water partition coefficient (Wildman–Crippen LogP) is 2.39. The fourth-order valence-electron chi connectivity index (χ4n) is 2.07. The quantitative estimate of drug-likeness (QED) is 0.799. The lowest BCUT2D eigenvalue weighted by molar-refractivity contribution is -0.155. The number of thioether (sulfide) groups is 1. The number of esters is 1. The van der Waals surface area contributed by atoms with Crippen molar-refractivity contribution in [2.24, 2.45) is 0 Å². The van der Waals surface area contributed by atoms with Crippen molar-refractivity contribution >= 4 is 23.6 Å². The van der Waals surface area contributed by atoms with Gasteiger partial charge in [-0.2, -0.15) is 0 Å². The van der Waals surface area contributed by atoms with Crippen molar-refractivity contribution in [3.63, 3.8) is 0 Å². The molecular weight excluding hydrogens is 288 g/mol. The van der Waals surface area contributed by atoms with E-state index in [4.69, 9.17) is 4.74 Å². The van der Waals surface area contributed by atoms with E-state index in [1.165, 1.54) is 11.8 Å². The molecule has 114 valence electrons. The topological polar surface area (TPSA) is 59.5 Å². The fourth-order valence-corrected chi connectivity index (χ4v) is 3.25. The Labute approximate surface area is 129 Å². The molecule has 5 nitrogen and oxygen atoms in total. The minimum atomic E-state index is -0.499. The first kappa shape index (κ1) is 15.8. The molecule has 2 rings (SSSR count). The van der Waals surface area contributed by atoms with Gasteiger partial charge in [-0.25, -0.2) is 0 Å². The van der Waals surface area contributed by atoms with Gasteiger partial charge in [0.1, 0.15) is 11.0 Å². The van der Waals surface area contributed by atoms with Crippen LogP contribution >= 0.6 is 11.8 Å². The molecule has 0 aliphatic carbocycles. The Morgan fingerprint density at radius 2 is 2.24 bits per heavy atom. The number of rotatable bonds is 4. The highest BCUT2D eigenvalue weighted by molar-refractivity contribution is 8.00. The van der Waals surface area contributed by atoms with E-state index in [0.717, 1.165) is 5.69 Å². The predicted molar refractivity (Wildman–Crippen MR) is 81.6 cm³/mol. The molecule has 2 heterocycles. The summed E-state index contributed by atoms with van der Waals surface area (Å²) < 4.78 is 5.27. The van der Waals surface area contributed by atoms with E-state index in [2.05, 4.69) is 4.98 Å². The van der Waals surface area contributed by atoms with Gasteiger partial charge in [-0.15, -0.1) is 11.8 Å². The molecule has 0 aromatic carbocycles. The zero-order chi connectivity index (χ0) is 15.5. The standard InChI is InChI=1S/C15H20N2O3S/c1-15(2,3)20-13(19)7-9-17-12(18)10-21-14(17)11-6-4-5-8-16-11/h4-6,8,14H,7,9-10H2,1-3H3. The summed E-state index contributed by atoms with van der Waals surface area (Å²) in [5.41, 5.74) is 0.346.